The lowest BCUT2D eigenvalue weighted by Gasteiger charge is -2.33. The summed E-state index contributed by atoms with van der Waals surface area (Å²) in [5.41, 5.74) is 4.23. The van der Waals surface area contributed by atoms with Crippen LogP contribution in [0, 0.1) is 0 Å². The first-order valence-electron chi connectivity index (χ1n) is 11.5. The monoisotopic (exact) mass is 494 g/mol. The number of aryl methyl sites for hydroxylation is 1. The molecule has 1 fully saturated rings. The number of aromatic nitrogens is 3. The Morgan fingerprint density at radius 2 is 1.65 bits per heavy atom. The van der Waals surface area contributed by atoms with Crippen molar-refractivity contribution in [3.63, 3.8) is 0 Å². The van der Waals surface area contributed by atoms with Crippen molar-refractivity contribution >= 4 is 38.3 Å². The Kier molecular flexibility index (Phi) is 6.08. The number of piperidine rings is 1. The molecule has 2 aromatic carbocycles. The third-order valence-corrected chi connectivity index (χ3v) is 8.07. The summed E-state index contributed by atoms with van der Waals surface area (Å²) in [5, 5.41) is 1.73. The Morgan fingerprint density at radius 3 is 2.26 bits per heavy atom. The SMILES string of the molecule is CCc1cnc(N2CCC(n3cc(Cl)c4cc(-c5ccc(S(C)(=O)=O)cc5)ccc43)CC2)nc1. The highest BCUT2D eigenvalue weighted by molar-refractivity contribution is 7.90. The summed E-state index contributed by atoms with van der Waals surface area (Å²) >= 11 is 6.66. The minimum Gasteiger partial charge on any atom is -0.343 e. The van der Waals surface area contributed by atoms with Gasteiger partial charge in [-0.05, 0) is 60.2 Å². The van der Waals surface area contributed by atoms with E-state index in [0.717, 1.165) is 70.9 Å². The van der Waals surface area contributed by atoms with E-state index in [9.17, 15) is 8.42 Å². The minimum atomic E-state index is -3.21. The number of halogens is 1. The molecule has 1 aliphatic rings. The number of rotatable bonds is 5. The molecular weight excluding hydrogens is 468 g/mol. The van der Waals surface area contributed by atoms with E-state index in [1.165, 1.54) is 6.26 Å². The highest BCUT2D eigenvalue weighted by Gasteiger charge is 2.24. The lowest BCUT2D eigenvalue weighted by Crippen LogP contribution is -2.35. The Bertz CT molecular complexity index is 1420. The molecule has 0 bridgehead atoms. The van der Waals surface area contributed by atoms with Crippen LogP contribution < -0.4 is 4.90 Å². The molecule has 1 saturated heterocycles. The van der Waals surface area contributed by atoms with Crippen molar-refractivity contribution < 1.29 is 8.42 Å². The molecule has 0 spiro atoms. The molecule has 4 aromatic rings. The van der Waals surface area contributed by atoms with E-state index in [1.54, 1.807) is 12.1 Å². The zero-order chi connectivity index (χ0) is 23.9. The van der Waals surface area contributed by atoms with Crippen molar-refractivity contribution in [3.8, 4) is 11.1 Å². The molecule has 2 aromatic heterocycles. The second-order valence-electron chi connectivity index (χ2n) is 8.88. The summed E-state index contributed by atoms with van der Waals surface area (Å²) in [6, 6.07) is 13.6. The van der Waals surface area contributed by atoms with Crippen LogP contribution in [-0.4, -0.2) is 42.3 Å². The molecule has 0 unspecified atom stereocenters. The van der Waals surface area contributed by atoms with Gasteiger partial charge in [0.25, 0.3) is 0 Å². The summed E-state index contributed by atoms with van der Waals surface area (Å²) < 4.78 is 25.8. The van der Waals surface area contributed by atoms with E-state index in [4.69, 9.17) is 11.6 Å². The van der Waals surface area contributed by atoms with E-state index in [1.807, 2.05) is 30.7 Å². The molecule has 5 rings (SSSR count). The van der Waals surface area contributed by atoms with Gasteiger partial charge in [-0.2, -0.15) is 0 Å². The molecule has 3 heterocycles. The average Bonchev–Trinajstić information content (AvgIpc) is 3.19. The summed E-state index contributed by atoms with van der Waals surface area (Å²) in [6.07, 6.45) is 10.0. The molecule has 1 aliphatic heterocycles. The van der Waals surface area contributed by atoms with Crippen molar-refractivity contribution in [2.45, 2.75) is 37.1 Å². The van der Waals surface area contributed by atoms with Gasteiger partial charge < -0.3 is 9.47 Å². The van der Waals surface area contributed by atoms with Crippen molar-refractivity contribution in [2.24, 2.45) is 0 Å². The molecule has 0 amide bonds. The molecule has 176 valence electrons. The maximum Gasteiger partial charge on any atom is 0.225 e. The lowest BCUT2D eigenvalue weighted by atomic mass is 10.0. The number of anilines is 1. The number of hydrogen-bond acceptors (Lipinski definition) is 5. The second-order valence-corrected chi connectivity index (χ2v) is 11.3. The number of sulfone groups is 1. The van der Waals surface area contributed by atoms with Gasteiger partial charge in [0.1, 0.15) is 0 Å². The van der Waals surface area contributed by atoms with Gasteiger partial charge in [0, 0.05) is 54.9 Å². The van der Waals surface area contributed by atoms with Crippen molar-refractivity contribution in [1.29, 1.82) is 0 Å². The first-order chi connectivity index (χ1) is 16.3. The van der Waals surface area contributed by atoms with E-state index in [0.29, 0.717) is 10.9 Å². The van der Waals surface area contributed by atoms with E-state index in [-0.39, 0.29) is 0 Å². The van der Waals surface area contributed by atoms with E-state index >= 15 is 0 Å². The fourth-order valence-corrected chi connectivity index (χ4v) is 5.51. The van der Waals surface area contributed by atoms with Gasteiger partial charge in [-0.25, -0.2) is 18.4 Å². The largest absolute Gasteiger partial charge is 0.343 e. The predicted molar refractivity (Wildman–Crippen MR) is 137 cm³/mol. The first kappa shape index (κ1) is 22.9. The van der Waals surface area contributed by atoms with Crippen LogP contribution in [0.4, 0.5) is 5.95 Å². The molecule has 0 N–H and O–H groups in total. The zero-order valence-electron chi connectivity index (χ0n) is 19.3. The fourth-order valence-electron chi connectivity index (χ4n) is 4.63. The van der Waals surface area contributed by atoms with Gasteiger partial charge in [-0.1, -0.05) is 36.7 Å². The van der Waals surface area contributed by atoms with Gasteiger partial charge in [0.2, 0.25) is 5.95 Å². The minimum absolute atomic E-state index is 0.319. The van der Waals surface area contributed by atoms with Gasteiger partial charge in [-0.15, -0.1) is 0 Å². The number of hydrogen-bond donors (Lipinski definition) is 0. The topological polar surface area (TPSA) is 68.1 Å². The maximum atomic E-state index is 11.8. The molecule has 6 nitrogen and oxygen atoms in total. The summed E-state index contributed by atoms with van der Waals surface area (Å²) in [7, 11) is -3.21. The number of nitrogens with zero attached hydrogens (tertiary/aromatic N) is 4. The predicted octanol–water partition coefficient (Wildman–Crippen LogP) is 5.56. The van der Waals surface area contributed by atoms with E-state index < -0.39 is 9.84 Å². The normalized spacial score (nSPS) is 15.2. The van der Waals surface area contributed by atoms with Crippen LogP contribution >= 0.6 is 11.6 Å². The molecule has 0 atom stereocenters. The van der Waals surface area contributed by atoms with Crippen molar-refractivity contribution in [1.82, 2.24) is 14.5 Å². The second kappa shape index (κ2) is 9.04. The van der Waals surface area contributed by atoms with Crippen LogP contribution in [0.15, 0.2) is 66.0 Å². The maximum absolute atomic E-state index is 11.8. The van der Waals surface area contributed by atoms with Gasteiger partial charge in [0.15, 0.2) is 9.84 Å². The third kappa shape index (κ3) is 4.42. The number of fused-ring (bicyclic) bond motifs is 1. The van der Waals surface area contributed by atoms with Crippen LogP contribution in [0.25, 0.3) is 22.0 Å². The lowest BCUT2D eigenvalue weighted by molar-refractivity contribution is 0.402. The van der Waals surface area contributed by atoms with Crippen molar-refractivity contribution in [3.05, 3.63) is 71.6 Å². The van der Waals surface area contributed by atoms with Crippen LogP contribution in [0.2, 0.25) is 5.02 Å². The number of benzene rings is 2. The molecule has 0 radical (unpaired) electrons. The Labute approximate surface area is 205 Å². The van der Waals surface area contributed by atoms with Crippen LogP contribution in [0.5, 0.6) is 0 Å². The van der Waals surface area contributed by atoms with Crippen LogP contribution in [0.3, 0.4) is 0 Å². The molecule has 34 heavy (non-hydrogen) atoms. The molecule has 0 saturated carbocycles. The molecule has 8 heteroatoms. The van der Waals surface area contributed by atoms with Crippen LogP contribution in [-0.2, 0) is 16.3 Å². The quantitative estimate of drug-likeness (QED) is 0.363. The van der Waals surface area contributed by atoms with Crippen molar-refractivity contribution in [2.75, 3.05) is 24.2 Å². The van der Waals surface area contributed by atoms with Gasteiger partial charge in [0.05, 0.1) is 9.92 Å². The smallest absolute Gasteiger partial charge is 0.225 e. The van der Waals surface area contributed by atoms with E-state index in [2.05, 4.69) is 44.6 Å². The molecular formula is C26H27ClN4O2S. The highest BCUT2D eigenvalue weighted by Crippen LogP contribution is 2.35. The van der Waals surface area contributed by atoms with Gasteiger partial charge in [-0.3, -0.25) is 0 Å². The summed E-state index contributed by atoms with van der Waals surface area (Å²) in [4.78, 5) is 11.6. The summed E-state index contributed by atoms with van der Waals surface area (Å²) in [6.45, 7) is 3.91. The van der Waals surface area contributed by atoms with Gasteiger partial charge >= 0.3 is 0 Å². The zero-order valence-corrected chi connectivity index (χ0v) is 20.9. The first-order valence-corrected chi connectivity index (χ1v) is 13.8. The Balaban J connectivity index is 1.36. The standard InChI is InChI=1S/C26H27ClN4O2S/c1-3-18-15-28-26(29-16-18)30-12-10-21(11-13-30)31-17-24(27)23-14-20(6-9-25(23)31)19-4-7-22(8-5-19)34(2,32)33/h4-9,14-17,21H,3,10-13H2,1-2H3. The Morgan fingerprint density at radius 1 is 1.00 bits per heavy atom. The average molecular weight is 495 g/mol. The summed E-state index contributed by atoms with van der Waals surface area (Å²) in [5.74, 6) is 0.803. The molecule has 0 aliphatic carbocycles. The third-order valence-electron chi connectivity index (χ3n) is 6.64. The van der Waals surface area contributed by atoms with Crippen LogP contribution in [0.1, 0.15) is 31.4 Å². The Hall–Kier alpha value is -2.90. The highest BCUT2D eigenvalue weighted by atomic mass is 35.5. The fraction of sp³-hybridized carbons (Fsp3) is 0.308.